The predicted molar refractivity (Wildman–Crippen MR) is 92.5 cm³/mol. The molecule has 1 saturated heterocycles. The van der Waals surface area contributed by atoms with E-state index in [1.54, 1.807) is 18.2 Å². The summed E-state index contributed by atoms with van der Waals surface area (Å²) >= 11 is 6.21. The number of hydrogen-bond acceptors (Lipinski definition) is 3. The fourth-order valence-corrected chi connectivity index (χ4v) is 2.80. The van der Waals surface area contributed by atoms with Crippen LogP contribution in [0.3, 0.4) is 0 Å². The van der Waals surface area contributed by atoms with E-state index in [2.05, 4.69) is 5.32 Å². The van der Waals surface area contributed by atoms with Gasteiger partial charge in [0.05, 0.1) is 17.3 Å². The van der Waals surface area contributed by atoms with Gasteiger partial charge < -0.3 is 19.7 Å². The van der Waals surface area contributed by atoms with Gasteiger partial charge in [-0.3, -0.25) is 0 Å². The van der Waals surface area contributed by atoms with Gasteiger partial charge in [0.1, 0.15) is 6.61 Å². The van der Waals surface area contributed by atoms with Crippen LogP contribution in [0, 0.1) is 0 Å². The molecule has 0 unspecified atom stereocenters. The lowest BCUT2D eigenvalue weighted by molar-refractivity contribution is 0.110. The minimum atomic E-state index is -0.0937. The molecule has 0 spiro atoms. The molecule has 2 rings (SSSR count). The van der Waals surface area contributed by atoms with Gasteiger partial charge in [0.15, 0.2) is 5.75 Å². The average Bonchev–Trinajstić information content (AvgIpc) is 2.83. The number of carbonyl (C=O) groups excluding carboxylic acids is 1. The third kappa shape index (κ3) is 5.59. The van der Waals surface area contributed by atoms with Crippen LogP contribution in [0.2, 0.25) is 5.02 Å². The second-order valence-corrected chi connectivity index (χ2v) is 5.90. The first-order valence-electron chi connectivity index (χ1n) is 8.27. The van der Waals surface area contributed by atoms with Crippen molar-refractivity contribution in [3.05, 3.63) is 23.2 Å². The Labute approximate surface area is 142 Å². The van der Waals surface area contributed by atoms with E-state index in [1.807, 2.05) is 11.8 Å². The Morgan fingerprint density at radius 3 is 2.65 bits per heavy atom. The van der Waals surface area contributed by atoms with Crippen molar-refractivity contribution in [2.45, 2.75) is 32.6 Å². The van der Waals surface area contributed by atoms with E-state index in [0.29, 0.717) is 36.3 Å². The monoisotopic (exact) mass is 340 g/mol. The van der Waals surface area contributed by atoms with Crippen LogP contribution in [0.25, 0.3) is 0 Å². The minimum absolute atomic E-state index is 0.0937. The molecule has 1 heterocycles. The van der Waals surface area contributed by atoms with E-state index in [0.717, 1.165) is 25.9 Å². The van der Waals surface area contributed by atoms with Gasteiger partial charge in [-0.05, 0) is 31.9 Å². The molecule has 1 aliphatic heterocycles. The molecule has 0 radical (unpaired) electrons. The van der Waals surface area contributed by atoms with Crippen LogP contribution in [0.5, 0.6) is 5.75 Å². The number of anilines is 1. The topological polar surface area (TPSA) is 50.8 Å². The Balaban J connectivity index is 2.00. The number of rotatable bonds is 6. The summed E-state index contributed by atoms with van der Waals surface area (Å²) in [6, 6.07) is 5.26. The summed E-state index contributed by atoms with van der Waals surface area (Å²) in [7, 11) is 0. The largest absolute Gasteiger partial charge is 0.487 e. The number of urea groups is 1. The zero-order chi connectivity index (χ0) is 16.5. The number of carbonyl (C=O) groups is 1. The highest BCUT2D eigenvalue weighted by Gasteiger charge is 2.18. The van der Waals surface area contributed by atoms with Gasteiger partial charge in [-0.2, -0.15) is 0 Å². The van der Waals surface area contributed by atoms with Crippen LogP contribution in [-0.2, 0) is 4.74 Å². The molecule has 5 nitrogen and oxygen atoms in total. The van der Waals surface area contributed by atoms with Gasteiger partial charge in [-0.15, -0.1) is 0 Å². The molecule has 0 bridgehead atoms. The zero-order valence-electron chi connectivity index (χ0n) is 13.6. The van der Waals surface area contributed by atoms with Crippen LogP contribution < -0.4 is 10.1 Å². The van der Waals surface area contributed by atoms with E-state index in [1.165, 1.54) is 12.8 Å². The summed E-state index contributed by atoms with van der Waals surface area (Å²) in [5.74, 6) is 0.497. The van der Waals surface area contributed by atoms with Gasteiger partial charge in [0, 0.05) is 19.7 Å². The van der Waals surface area contributed by atoms with Crippen molar-refractivity contribution in [1.82, 2.24) is 4.90 Å². The minimum Gasteiger partial charge on any atom is -0.487 e. The number of amides is 2. The van der Waals surface area contributed by atoms with Gasteiger partial charge in [0.25, 0.3) is 0 Å². The molecule has 0 aromatic heterocycles. The number of nitrogens with zero attached hydrogens (tertiary/aromatic N) is 1. The van der Waals surface area contributed by atoms with Gasteiger partial charge in [-0.1, -0.05) is 30.5 Å². The van der Waals surface area contributed by atoms with Crippen LogP contribution in [0.1, 0.15) is 32.6 Å². The van der Waals surface area contributed by atoms with Gasteiger partial charge in [0.2, 0.25) is 0 Å². The van der Waals surface area contributed by atoms with E-state index in [9.17, 15) is 4.79 Å². The van der Waals surface area contributed by atoms with Crippen molar-refractivity contribution in [1.29, 1.82) is 0 Å². The van der Waals surface area contributed by atoms with Crippen molar-refractivity contribution < 1.29 is 14.3 Å². The molecule has 0 aliphatic carbocycles. The van der Waals surface area contributed by atoms with Crippen LogP contribution >= 0.6 is 11.6 Å². The normalized spacial score (nSPS) is 15.1. The van der Waals surface area contributed by atoms with E-state index >= 15 is 0 Å². The van der Waals surface area contributed by atoms with Gasteiger partial charge >= 0.3 is 6.03 Å². The van der Waals surface area contributed by atoms with Crippen molar-refractivity contribution in [2.75, 3.05) is 38.2 Å². The quantitative estimate of drug-likeness (QED) is 0.791. The highest BCUT2D eigenvalue weighted by Crippen LogP contribution is 2.33. The Kier molecular flexibility index (Phi) is 7.49. The van der Waals surface area contributed by atoms with Crippen molar-refractivity contribution in [3.8, 4) is 5.75 Å². The summed E-state index contributed by atoms with van der Waals surface area (Å²) in [5, 5.41) is 3.41. The van der Waals surface area contributed by atoms with E-state index in [-0.39, 0.29) is 6.03 Å². The molecule has 1 aromatic carbocycles. The zero-order valence-corrected chi connectivity index (χ0v) is 14.4. The molecule has 0 saturated carbocycles. The molecule has 1 aromatic rings. The molecule has 2 amide bonds. The molecule has 23 heavy (non-hydrogen) atoms. The van der Waals surface area contributed by atoms with Crippen molar-refractivity contribution in [3.63, 3.8) is 0 Å². The fourth-order valence-electron chi connectivity index (χ4n) is 2.57. The van der Waals surface area contributed by atoms with E-state index in [4.69, 9.17) is 21.1 Å². The lowest BCUT2D eigenvalue weighted by Gasteiger charge is -2.22. The third-order valence-electron chi connectivity index (χ3n) is 3.78. The maximum absolute atomic E-state index is 12.5. The standard InChI is InChI=1S/C17H25ClN2O3/c1-2-22-12-13-23-16-14(18)8-7-9-15(16)19-17(21)20-10-5-3-4-6-11-20/h7-9H,2-6,10-13H2,1H3,(H,19,21). The molecule has 1 N–H and O–H groups in total. The SMILES string of the molecule is CCOCCOc1c(Cl)cccc1NC(=O)N1CCCCCC1. The second kappa shape index (κ2) is 9.63. The Hall–Kier alpha value is -1.46. The lowest BCUT2D eigenvalue weighted by Crippen LogP contribution is -2.35. The number of benzene rings is 1. The molecular formula is C17H25ClN2O3. The number of hydrogen-bond donors (Lipinski definition) is 1. The predicted octanol–water partition coefficient (Wildman–Crippen LogP) is 4.16. The average molecular weight is 341 g/mol. The second-order valence-electron chi connectivity index (χ2n) is 5.49. The smallest absolute Gasteiger partial charge is 0.321 e. The number of para-hydroxylation sites is 1. The first-order chi connectivity index (χ1) is 11.2. The fraction of sp³-hybridized carbons (Fsp3) is 0.588. The third-order valence-corrected chi connectivity index (χ3v) is 4.08. The van der Waals surface area contributed by atoms with Crippen LogP contribution in [0.4, 0.5) is 10.5 Å². The van der Waals surface area contributed by atoms with Crippen molar-refractivity contribution >= 4 is 23.3 Å². The maximum atomic E-state index is 12.5. The Morgan fingerprint density at radius 2 is 1.96 bits per heavy atom. The summed E-state index contributed by atoms with van der Waals surface area (Å²) in [4.78, 5) is 14.3. The number of ether oxygens (including phenoxy) is 2. The number of likely N-dealkylation sites (tertiary alicyclic amines) is 1. The number of halogens is 1. The maximum Gasteiger partial charge on any atom is 0.321 e. The molecule has 1 aliphatic rings. The highest BCUT2D eigenvalue weighted by molar-refractivity contribution is 6.32. The summed E-state index contributed by atoms with van der Waals surface area (Å²) in [5.41, 5.74) is 0.600. The molecular weight excluding hydrogens is 316 g/mol. The molecule has 128 valence electrons. The lowest BCUT2D eigenvalue weighted by atomic mass is 10.2. The first-order valence-corrected chi connectivity index (χ1v) is 8.65. The summed E-state index contributed by atoms with van der Waals surface area (Å²) < 4.78 is 11.0. The first kappa shape index (κ1) is 17.9. The highest BCUT2D eigenvalue weighted by atomic mass is 35.5. The molecule has 6 heteroatoms. The summed E-state index contributed by atoms with van der Waals surface area (Å²) in [6.45, 7) is 5.05. The van der Waals surface area contributed by atoms with Gasteiger partial charge in [-0.25, -0.2) is 4.79 Å². The van der Waals surface area contributed by atoms with Crippen LogP contribution in [0.15, 0.2) is 18.2 Å². The molecule has 0 atom stereocenters. The van der Waals surface area contributed by atoms with Crippen LogP contribution in [-0.4, -0.2) is 43.8 Å². The summed E-state index contributed by atoms with van der Waals surface area (Å²) in [6.07, 6.45) is 4.49. The number of nitrogens with one attached hydrogen (secondary N) is 1. The Morgan fingerprint density at radius 1 is 1.22 bits per heavy atom. The van der Waals surface area contributed by atoms with E-state index < -0.39 is 0 Å². The Bertz CT molecular complexity index is 503. The van der Waals surface area contributed by atoms with Crippen molar-refractivity contribution in [2.24, 2.45) is 0 Å². The molecule has 1 fully saturated rings.